The molecule has 0 unspecified atom stereocenters. The second-order valence-electron chi connectivity index (χ2n) is 8.99. The molecule has 0 aromatic heterocycles. The molecule has 0 heterocycles. The second-order valence-corrected chi connectivity index (χ2v) is 8.99. The number of carbonyl (C=O) groups excluding carboxylic acids is 2. The molecule has 3 atom stereocenters. The summed E-state index contributed by atoms with van der Waals surface area (Å²) in [6.45, 7) is 5.05. The van der Waals surface area contributed by atoms with Crippen molar-refractivity contribution in [3.63, 3.8) is 0 Å². The van der Waals surface area contributed by atoms with Gasteiger partial charge < -0.3 is 43.4 Å². The Morgan fingerprint density at radius 1 is 0.944 bits per heavy atom. The normalized spacial score (nSPS) is 13.4. The number of hydrogen-bond acceptors (Lipinski definition) is 7. The van der Waals surface area contributed by atoms with E-state index in [9.17, 15) is 24.6 Å². The summed E-state index contributed by atoms with van der Waals surface area (Å²) in [5.74, 6) is -2.30. The number of hydrogen-bond donors (Lipinski definition) is 8. The van der Waals surface area contributed by atoms with E-state index in [1.807, 2.05) is 13.8 Å². The molecule has 1 aromatic rings. The molecule has 0 saturated carbocycles. The second kappa shape index (κ2) is 16.3. The summed E-state index contributed by atoms with van der Waals surface area (Å²) in [6.07, 6.45) is 2.42. The van der Waals surface area contributed by atoms with Gasteiger partial charge in [-0.05, 0) is 62.8 Å². The van der Waals surface area contributed by atoms with Crippen LogP contribution in [0.25, 0.3) is 0 Å². The number of unbranched alkanes of at least 4 members (excludes halogenated alkanes) is 1. The Morgan fingerprint density at radius 3 is 2.14 bits per heavy atom. The monoisotopic (exact) mass is 507 g/mol. The quantitative estimate of drug-likeness (QED) is 0.0775. The highest BCUT2D eigenvalue weighted by Crippen LogP contribution is 2.11. The number of nitrogens with zero attached hydrogens (tertiary/aromatic N) is 1. The minimum absolute atomic E-state index is 0.0933. The average molecular weight is 508 g/mol. The van der Waals surface area contributed by atoms with E-state index in [2.05, 4.69) is 20.9 Å². The van der Waals surface area contributed by atoms with Crippen molar-refractivity contribution in [1.82, 2.24) is 16.0 Å². The number of carboxylic acid groups (broad SMARTS) is 1. The molecule has 0 radical (unpaired) electrons. The smallest absolute Gasteiger partial charge is 0.326 e. The van der Waals surface area contributed by atoms with Gasteiger partial charge in [0, 0.05) is 12.6 Å². The number of amides is 2. The standard InChI is InChI=1S/C24H41N7O5/c1-15(2)28-12-4-3-6-19(22(34)31-20(23(35)36)7-5-13-29-24(26)27)30-21(33)18(25)14-16-8-10-17(32)11-9-16/h8-11,15,18-20,28,32H,3-7,12-14,25H2,1-2H3,(H,30,33)(H,31,34)(H,35,36)(H4,26,27,29)/t18-,19-,20+/m0/s1. The number of guanidine groups is 1. The summed E-state index contributed by atoms with van der Waals surface area (Å²) < 4.78 is 0. The number of aliphatic imine (C=N–C) groups is 1. The van der Waals surface area contributed by atoms with Gasteiger partial charge in [-0.2, -0.15) is 0 Å². The lowest BCUT2D eigenvalue weighted by Gasteiger charge is -2.23. The first kappa shape index (κ1) is 30.7. The maximum atomic E-state index is 13.0. The van der Waals surface area contributed by atoms with Crippen LogP contribution in [0.4, 0.5) is 0 Å². The van der Waals surface area contributed by atoms with E-state index in [0.717, 1.165) is 18.5 Å². The van der Waals surface area contributed by atoms with Gasteiger partial charge in [-0.3, -0.25) is 14.6 Å². The highest BCUT2D eigenvalue weighted by Gasteiger charge is 2.27. The number of carbonyl (C=O) groups is 3. The molecule has 2 amide bonds. The summed E-state index contributed by atoms with van der Waals surface area (Å²) in [7, 11) is 0. The van der Waals surface area contributed by atoms with Gasteiger partial charge in [0.25, 0.3) is 0 Å². The van der Waals surface area contributed by atoms with E-state index in [0.29, 0.717) is 25.3 Å². The Hall–Kier alpha value is -3.38. The zero-order valence-corrected chi connectivity index (χ0v) is 21.1. The van der Waals surface area contributed by atoms with Crippen molar-refractivity contribution in [2.24, 2.45) is 22.2 Å². The molecule has 12 nitrogen and oxygen atoms in total. The summed E-state index contributed by atoms with van der Waals surface area (Å²) in [5, 5.41) is 27.4. The Kier molecular flexibility index (Phi) is 13.9. The van der Waals surface area contributed by atoms with Crippen molar-refractivity contribution < 1.29 is 24.6 Å². The Balaban J connectivity index is 2.80. The number of nitrogens with two attached hydrogens (primary N) is 3. The van der Waals surface area contributed by atoms with Crippen LogP contribution in [0.3, 0.4) is 0 Å². The lowest BCUT2D eigenvalue weighted by Crippen LogP contribution is -2.54. The molecule has 11 N–H and O–H groups in total. The maximum absolute atomic E-state index is 13.0. The largest absolute Gasteiger partial charge is 0.508 e. The minimum atomic E-state index is -1.19. The Labute approximate surface area is 212 Å². The summed E-state index contributed by atoms with van der Waals surface area (Å²) in [5.41, 5.74) is 17.4. The maximum Gasteiger partial charge on any atom is 0.326 e. The fourth-order valence-corrected chi connectivity index (χ4v) is 3.42. The van der Waals surface area contributed by atoms with E-state index in [-0.39, 0.29) is 31.1 Å². The third-order valence-electron chi connectivity index (χ3n) is 5.39. The van der Waals surface area contributed by atoms with Gasteiger partial charge in [-0.25, -0.2) is 4.79 Å². The number of phenols is 1. The topological polar surface area (TPSA) is 218 Å². The van der Waals surface area contributed by atoms with Crippen molar-refractivity contribution in [3.05, 3.63) is 29.8 Å². The summed E-state index contributed by atoms with van der Waals surface area (Å²) in [6, 6.07) is 3.63. The molecule has 0 saturated heterocycles. The molecular formula is C24H41N7O5. The molecule has 1 aromatic carbocycles. The van der Waals surface area contributed by atoms with Gasteiger partial charge in [-0.15, -0.1) is 0 Å². The molecular weight excluding hydrogens is 466 g/mol. The van der Waals surface area contributed by atoms with Crippen LogP contribution in [0.1, 0.15) is 51.5 Å². The predicted molar refractivity (Wildman–Crippen MR) is 138 cm³/mol. The van der Waals surface area contributed by atoms with Crippen LogP contribution in [0.5, 0.6) is 5.75 Å². The summed E-state index contributed by atoms with van der Waals surface area (Å²) in [4.78, 5) is 41.2. The van der Waals surface area contributed by atoms with Crippen LogP contribution in [-0.2, 0) is 20.8 Å². The predicted octanol–water partition coefficient (Wildman–Crippen LogP) is -0.462. The number of aliphatic carboxylic acids is 1. The SMILES string of the molecule is CC(C)NCCCC[C@H](NC(=O)[C@@H](N)Cc1ccc(O)cc1)C(=O)N[C@H](CCCN=C(N)N)C(=O)O. The number of aromatic hydroxyl groups is 1. The Morgan fingerprint density at radius 2 is 1.56 bits per heavy atom. The number of phenolic OH excluding ortho intramolecular Hbond substituents is 1. The van der Waals surface area contributed by atoms with Crippen molar-refractivity contribution in [1.29, 1.82) is 0 Å². The molecule has 0 aliphatic rings. The van der Waals surface area contributed by atoms with Crippen molar-refractivity contribution in [2.75, 3.05) is 13.1 Å². The molecule has 36 heavy (non-hydrogen) atoms. The molecule has 0 aliphatic carbocycles. The first-order valence-electron chi connectivity index (χ1n) is 12.2. The Bertz CT molecular complexity index is 857. The zero-order chi connectivity index (χ0) is 27.1. The highest BCUT2D eigenvalue weighted by molar-refractivity contribution is 5.91. The van der Waals surface area contributed by atoms with Crippen LogP contribution >= 0.6 is 0 Å². The minimum Gasteiger partial charge on any atom is -0.508 e. The van der Waals surface area contributed by atoms with Crippen molar-refractivity contribution in [2.45, 2.75) is 76.5 Å². The number of benzene rings is 1. The lowest BCUT2D eigenvalue weighted by molar-refractivity contribution is -0.142. The molecule has 1 rings (SSSR count). The van der Waals surface area contributed by atoms with Crippen LogP contribution in [-0.4, -0.2) is 71.2 Å². The molecule has 0 fully saturated rings. The van der Waals surface area contributed by atoms with Gasteiger partial charge >= 0.3 is 5.97 Å². The molecule has 0 aliphatic heterocycles. The van der Waals surface area contributed by atoms with Gasteiger partial charge in [-0.1, -0.05) is 26.0 Å². The number of nitrogens with one attached hydrogen (secondary N) is 3. The van der Waals surface area contributed by atoms with E-state index in [4.69, 9.17) is 17.2 Å². The van der Waals surface area contributed by atoms with Gasteiger partial charge in [0.1, 0.15) is 17.8 Å². The van der Waals surface area contributed by atoms with E-state index >= 15 is 0 Å². The number of carboxylic acids is 1. The van der Waals surface area contributed by atoms with E-state index < -0.39 is 35.9 Å². The van der Waals surface area contributed by atoms with Crippen LogP contribution in [0, 0.1) is 0 Å². The molecule has 0 spiro atoms. The van der Waals surface area contributed by atoms with Gasteiger partial charge in [0.2, 0.25) is 11.8 Å². The van der Waals surface area contributed by atoms with Crippen molar-refractivity contribution >= 4 is 23.7 Å². The van der Waals surface area contributed by atoms with Crippen LogP contribution in [0.2, 0.25) is 0 Å². The fraction of sp³-hybridized carbons (Fsp3) is 0.583. The van der Waals surface area contributed by atoms with Crippen LogP contribution < -0.4 is 33.2 Å². The first-order chi connectivity index (χ1) is 17.0. The van der Waals surface area contributed by atoms with Gasteiger partial charge in [0.05, 0.1) is 6.04 Å². The summed E-state index contributed by atoms with van der Waals surface area (Å²) >= 11 is 0. The molecule has 202 valence electrons. The third-order valence-corrected chi connectivity index (χ3v) is 5.39. The average Bonchev–Trinajstić information content (AvgIpc) is 2.80. The zero-order valence-electron chi connectivity index (χ0n) is 21.1. The van der Waals surface area contributed by atoms with E-state index in [1.165, 1.54) is 12.1 Å². The lowest BCUT2D eigenvalue weighted by atomic mass is 10.0. The third kappa shape index (κ3) is 12.9. The fourth-order valence-electron chi connectivity index (χ4n) is 3.42. The molecule has 12 heteroatoms. The first-order valence-corrected chi connectivity index (χ1v) is 12.2. The van der Waals surface area contributed by atoms with Crippen LogP contribution in [0.15, 0.2) is 29.3 Å². The highest BCUT2D eigenvalue weighted by atomic mass is 16.4. The van der Waals surface area contributed by atoms with Gasteiger partial charge in [0.15, 0.2) is 5.96 Å². The van der Waals surface area contributed by atoms with E-state index in [1.54, 1.807) is 12.1 Å². The number of rotatable bonds is 17. The molecule has 0 bridgehead atoms. The van der Waals surface area contributed by atoms with Crippen molar-refractivity contribution in [3.8, 4) is 5.75 Å².